The van der Waals surface area contributed by atoms with Gasteiger partial charge in [0.2, 0.25) is 0 Å². The molecule has 1 aromatic heterocycles. The maximum absolute atomic E-state index is 13.3. The standard InChI is InChI=1S/C18H14F2O5S/c1-23-13-6-10-15(7-14(13)24-2)26-17(18(21)22)16(10)25-8-9-3-4-11(19)12(20)5-9/h3-7H,8H2,1-2H3,(H,21,22). The highest BCUT2D eigenvalue weighted by Gasteiger charge is 2.22. The van der Waals surface area contributed by atoms with E-state index in [1.807, 2.05) is 0 Å². The third kappa shape index (κ3) is 3.28. The molecule has 0 amide bonds. The smallest absolute Gasteiger partial charge is 0.349 e. The van der Waals surface area contributed by atoms with Crippen molar-refractivity contribution in [2.45, 2.75) is 6.61 Å². The van der Waals surface area contributed by atoms with Gasteiger partial charge in [-0.15, -0.1) is 11.3 Å². The van der Waals surface area contributed by atoms with E-state index >= 15 is 0 Å². The average molecular weight is 380 g/mol. The first-order chi connectivity index (χ1) is 12.4. The van der Waals surface area contributed by atoms with Crippen LogP contribution in [0.15, 0.2) is 30.3 Å². The van der Waals surface area contributed by atoms with Crippen molar-refractivity contribution in [2.24, 2.45) is 0 Å². The van der Waals surface area contributed by atoms with E-state index in [2.05, 4.69) is 0 Å². The van der Waals surface area contributed by atoms with Crippen LogP contribution < -0.4 is 14.2 Å². The van der Waals surface area contributed by atoms with Gasteiger partial charge in [0, 0.05) is 16.2 Å². The second-order valence-corrected chi connectivity index (χ2v) is 6.36. The summed E-state index contributed by atoms with van der Waals surface area (Å²) < 4.78 is 43.1. The predicted octanol–water partition coefficient (Wildman–Crippen LogP) is 4.47. The maximum Gasteiger partial charge on any atom is 0.349 e. The minimum atomic E-state index is -1.15. The van der Waals surface area contributed by atoms with E-state index in [-0.39, 0.29) is 17.2 Å². The lowest BCUT2D eigenvalue weighted by Gasteiger charge is -2.09. The van der Waals surface area contributed by atoms with Crippen LogP contribution in [0.2, 0.25) is 0 Å². The molecule has 0 aliphatic rings. The van der Waals surface area contributed by atoms with Crippen LogP contribution >= 0.6 is 11.3 Å². The van der Waals surface area contributed by atoms with Crippen molar-refractivity contribution >= 4 is 27.4 Å². The minimum Gasteiger partial charge on any atom is -0.493 e. The zero-order chi connectivity index (χ0) is 18.8. The minimum absolute atomic E-state index is 0.00195. The van der Waals surface area contributed by atoms with Gasteiger partial charge in [-0.05, 0) is 23.8 Å². The van der Waals surface area contributed by atoms with Crippen LogP contribution in [0.4, 0.5) is 8.78 Å². The number of carboxylic acids is 1. The molecule has 8 heteroatoms. The van der Waals surface area contributed by atoms with Crippen LogP contribution in [0, 0.1) is 11.6 Å². The Bertz CT molecular complexity index is 983. The Hall–Kier alpha value is -2.87. The first-order valence-corrected chi connectivity index (χ1v) is 8.24. The molecule has 0 spiro atoms. The SMILES string of the molecule is COc1cc2sc(C(=O)O)c(OCc3ccc(F)c(F)c3)c2cc1OC. The fraction of sp³-hybridized carbons (Fsp3) is 0.167. The summed E-state index contributed by atoms with van der Waals surface area (Å²) in [7, 11) is 2.95. The number of benzene rings is 2. The van der Waals surface area contributed by atoms with Gasteiger partial charge >= 0.3 is 5.97 Å². The first kappa shape index (κ1) is 17.9. The molecule has 3 aromatic rings. The Labute approximate surface area is 151 Å². The van der Waals surface area contributed by atoms with Crippen LogP contribution in [0.5, 0.6) is 17.2 Å². The van der Waals surface area contributed by atoms with Crippen molar-refractivity contribution in [3.63, 3.8) is 0 Å². The van der Waals surface area contributed by atoms with Gasteiger partial charge in [-0.1, -0.05) is 6.07 Å². The van der Waals surface area contributed by atoms with Crippen LogP contribution in [0.1, 0.15) is 15.2 Å². The lowest BCUT2D eigenvalue weighted by Crippen LogP contribution is -2.01. The van der Waals surface area contributed by atoms with E-state index in [1.165, 1.54) is 20.3 Å². The van der Waals surface area contributed by atoms with Crippen molar-refractivity contribution in [1.82, 2.24) is 0 Å². The number of aromatic carboxylic acids is 1. The zero-order valence-corrected chi connectivity index (χ0v) is 14.7. The summed E-state index contributed by atoms with van der Waals surface area (Å²) in [5.41, 5.74) is 0.375. The molecule has 0 aliphatic heterocycles. The Morgan fingerprint density at radius 1 is 1.08 bits per heavy atom. The normalized spacial score (nSPS) is 10.8. The number of hydrogen-bond acceptors (Lipinski definition) is 5. The number of fused-ring (bicyclic) bond motifs is 1. The van der Waals surface area contributed by atoms with E-state index in [0.717, 1.165) is 23.5 Å². The van der Waals surface area contributed by atoms with Crippen molar-refractivity contribution in [3.05, 3.63) is 52.4 Å². The molecule has 1 N–H and O–H groups in total. The number of carboxylic acid groups (broad SMARTS) is 1. The monoisotopic (exact) mass is 380 g/mol. The summed E-state index contributed by atoms with van der Waals surface area (Å²) in [4.78, 5) is 11.6. The molecule has 0 aliphatic carbocycles. The van der Waals surface area contributed by atoms with E-state index in [4.69, 9.17) is 14.2 Å². The molecule has 0 atom stereocenters. The van der Waals surface area contributed by atoms with Crippen molar-refractivity contribution in [1.29, 1.82) is 0 Å². The first-order valence-electron chi connectivity index (χ1n) is 7.43. The number of halogens is 2. The molecule has 5 nitrogen and oxygen atoms in total. The summed E-state index contributed by atoms with van der Waals surface area (Å²) in [6, 6.07) is 6.66. The molecule has 0 bridgehead atoms. The van der Waals surface area contributed by atoms with Gasteiger partial charge in [-0.3, -0.25) is 0 Å². The lowest BCUT2D eigenvalue weighted by molar-refractivity contribution is 0.0698. The number of hydrogen-bond donors (Lipinski definition) is 1. The lowest BCUT2D eigenvalue weighted by atomic mass is 10.2. The fourth-order valence-corrected chi connectivity index (χ4v) is 3.47. The third-order valence-electron chi connectivity index (χ3n) is 3.71. The summed E-state index contributed by atoms with van der Waals surface area (Å²) >= 11 is 1.03. The second kappa shape index (κ2) is 7.17. The van der Waals surface area contributed by atoms with Crippen LogP contribution in [0.3, 0.4) is 0 Å². The molecule has 2 aromatic carbocycles. The average Bonchev–Trinajstić information content (AvgIpc) is 2.99. The number of methoxy groups -OCH3 is 2. The maximum atomic E-state index is 13.3. The molecular formula is C18H14F2O5S. The van der Waals surface area contributed by atoms with Crippen molar-refractivity contribution < 1.29 is 32.9 Å². The predicted molar refractivity (Wildman–Crippen MR) is 92.6 cm³/mol. The summed E-state index contributed by atoms with van der Waals surface area (Å²) in [5, 5.41) is 9.99. The molecule has 0 saturated heterocycles. The molecule has 1 heterocycles. The third-order valence-corrected chi connectivity index (χ3v) is 4.83. The Kier molecular flexibility index (Phi) is 4.94. The highest BCUT2D eigenvalue weighted by Crippen LogP contribution is 2.43. The summed E-state index contributed by atoms with van der Waals surface area (Å²) in [6.07, 6.45) is 0. The molecule has 0 radical (unpaired) electrons. The van der Waals surface area contributed by atoms with E-state index in [9.17, 15) is 18.7 Å². The highest BCUT2D eigenvalue weighted by molar-refractivity contribution is 7.21. The molecule has 26 heavy (non-hydrogen) atoms. The van der Waals surface area contributed by atoms with Gasteiger partial charge in [0.15, 0.2) is 33.8 Å². The van der Waals surface area contributed by atoms with Gasteiger partial charge in [-0.25, -0.2) is 13.6 Å². The second-order valence-electron chi connectivity index (χ2n) is 5.31. The van der Waals surface area contributed by atoms with Gasteiger partial charge < -0.3 is 19.3 Å². The van der Waals surface area contributed by atoms with Crippen molar-refractivity contribution in [2.75, 3.05) is 14.2 Å². The van der Waals surface area contributed by atoms with E-state index < -0.39 is 17.6 Å². The summed E-state index contributed by atoms with van der Waals surface area (Å²) in [5.74, 6) is -2.07. The number of thiophene rings is 1. The van der Waals surface area contributed by atoms with Crippen LogP contribution in [-0.2, 0) is 6.61 Å². The topological polar surface area (TPSA) is 65.0 Å². The molecule has 0 saturated carbocycles. The number of carbonyl (C=O) groups is 1. The fourth-order valence-electron chi connectivity index (χ4n) is 2.47. The van der Waals surface area contributed by atoms with Gasteiger partial charge in [0.1, 0.15) is 6.61 Å². The van der Waals surface area contributed by atoms with Gasteiger partial charge in [0.25, 0.3) is 0 Å². The van der Waals surface area contributed by atoms with Crippen molar-refractivity contribution in [3.8, 4) is 17.2 Å². The highest BCUT2D eigenvalue weighted by atomic mass is 32.1. The molecule has 0 unspecified atom stereocenters. The largest absolute Gasteiger partial charge is 0.493 e. The van der Waals surface area contributed by atoms with Gasteiger partial charge in [-0.2, -0.15) is 0 Å². The number of ether oxygens (including phenoxy) is 3. The quantitative estimate of drug-likeness (QED) is 0.683. The molecule has 3 rings (SSSR count). The van der Waals surface area contributed by atoms with Gasteiger partial charge in [0.05, 0.1) is 14.2 Å². The molecule has 136 valence electrons. The van der Waals surface area contributed by atoms with Crippen LogP contribution in [-0.4, -0.2) is 25.3 Å². The van der Waals surface area contributed by atoms with E-state index in [0.29, 0.717) is 27.1 Å². The Morgan fingerprint density at radius 2 is 1.77 bits per heavy atom. The number of rotatable bonds is 6. The van der Waals surface area contributed by atoms with E-state index in [1.54, 1.807) is 12.1 Å². The zero-order valence-electron chi connectivity index (χ0n) is 13.8. The molecule has 0 fully saturated rings. The summed E-state index contributed by atoms with van der Waals surface area (Å²) in [6.45, 7) is -0.113. The van der Waals surface area contributed by atoms with Crippen LogP contribution in [0.25, 0.3) is 10.1 Å². The molecular weight excluding hydrogens is 366 g/mol. The Balaban J connectivity index is 2.03. The Morgan fingerprint density at radius 3 is 2.38 bits per heavy atom.